The molecule has 1 aliphatic rings. The molecule has 29 heavy (non-hydrogen) atoms. The zero-order valence-electron chi connectivity index (χ0n) is 16.3. The second-order valence-corrected chi connectivity index (χ2v) is 6.79. The van der Waals surface area contributed by atoms with Crippen molar-refractivity contribution in [2.24, 2.45) is 0 Å². The third-order valence-electron chi connectivity index (χ3n) is 4.76. The van der Waals surface area contributed by atoms with Gasteiger partial charge in [-0.2, -0.15) is 0 Å². The minimum atomic E-state index is -0.448. The van der Waals surface area contributed by atoms with E-state index in [1.165, 1.54) is 19.9 Å². The summed E-state index contributed by atoms with van der Waals surface area (Å²) in [6.07, 6.45) is 0. The van der Waals surface area contributed by atoms with Crippen LogP contribution in [-0.4, -0.2) is 64.5 Å². The van der Waals surface area contributed by atoms with Crippen molar-refractivity contribution in [1.82, 2.24) is 14.8 Å². The van der Waals surface area contributed by atoms with Crippen LogP contribution in [0.15, 0.2) is 42.5 Å². The van der Waals surface area contributed by atoms with Gasteiger partial charge in [0.05, 0.1) is 0 Å². The van der Waals surface area contributed by atoms with Crippen molar-refractivity contribution >= 4 is 29.2 Å². The molecule has 8 nitrogen and oxygen atoms in total. The number of pyridine rings is 1. The first kappa shape index (κ1) is 20.2. The molecule has 3 amide bonds. The average Bonchev–Trinajstić information content (AvgIpc) is 2.73. The fourth-order valence-electron chi connectivity index (χ4n) is 3.05. The monoisotopic (exact) mass is 394 g/mol. The number of benzene rings is 1. The highest BCUT2D eigenvalue weighted by Gasteiger charge is 2.24. The molecule has 2 heterocycles. The summed E-state index contributed by atoms with van der Waals surface area (Å²) < 4.78 is 0. The summed E-state index contributed by atoms with van der Waals surface area (Å²) in [5, 5.41) is 2.71. The van der Waals surface area contributed by atoms with Crippen LogP contribution in [0.2, 0.25) is 0 Å². The Morgan fingerprint density at radius 2 is 1.41 bits per heavy atom. The van der Waals surface area contributed by atoms with Crippen LogP contribution in [0.1, 0.15) is 45.2 Å². The van der Waals surface area contributed by atoms with Gasteiger partial charge in [0.25, 0.3) is 11.8 Å². The quantitative estimate of drug-likeness (QED) is 0.798. The van der Waals surface area contributed by atoms with Crippen molar-refractivity contribution in [2.45, 2.75) is 13.8 Å². The molecule has 0 spiro atoms. The van der Waals surface area contributed by atoms with Crippen molar-refractivity contribution in [3.8, 4) is 0 Å². The maximum Gasteiger partial charge on any atom is 0.274 e. The lowest BCUT2D eigenvalue weighted by Crippen LogP contribution is -2.50. The maximum absolute atomic E-state index is 12.7. The van der Waals surface area contributed by atoms with Crippen LogP contribution in [0.5, 0.6) is 0 Å². The van der Waals surface area contributed by atoms with Crippen LogP contribution in [0, 0.1) is 0 Å². The number of ketones is 1. The van der Waals surface area contributed by atoms with E-state index in [9.17, 15) is 19.2 Å². The van der Waals surface area contributed by atoms with E-state index in [1.54, 1.807) is 46.2 Å². The highest BCUT2D eigenvalue weighted by molar-refractivity contribution is 6.04. The van der Waals surface area contributed by atoms with E-state index in [0.29, 0.717) is 37.4 Å². The Morgan fingerprint density at radius 1 is 0.828 bits per heavy atom. The molecule has 0 atom stereocenters. The predicted molar refractivity (Wildman–Crippen MR) is 107 cm³/mol. The van der Waals surface area contributed by atoms with Gasteiger partial charge in [-0.15, -0.1) is 0 Å². The highest BCUT2D eigenvalue weighted by Crippen LogP contribution is 2.13. The number of nitrogens with one attached hydrogen (secondary N) is 1. The summed E-state index contributed by atoms with van der Waals surface area (Å²) in [6.45, 7) is 4.81. The zero-order chi connectivity index (χ0) is 21.0. The van der Waals surface area contributed by atoms with E-state index in [2.05, 4.69) is 10.3 Å². The van der Waals surface area contributed by atoms with Gasteiger partial charge in [0, 0.05) is 44.4 Å². The number of aromatic nitrogens is 1. The van der Waals surface area contributed by atoms with Crippen molar-refractivity contribution in [3.63, 3.8) is 0 Å². The molecule has 150 valence electrons. The number of carbonyl (C=O) groups is 4. The van der Waals surface area contributed by atoms with Gasteiger partial charge in [-0.25, -0.2) is 4.98 Å². The Labute approximate surface area is 168 Å². The lowest BCUT2D eigenvalue weighted by Gasteiger charge is -2.34. The Hall–Kier alpha value is -3.55. The molecule has 3 rings (SSSR count). The van der Waals surface area contributed by atoms with Crippen molar-refractivity contribution in [1.29, 1.82) is 0 Å². The molecular weight excluding hydrogens is 372 g/mol. The normalized spacial score (nSPS) is 13.7. The van der Waals surface area contributed by atoms with Crippen LogP contribution < -0.4 is 5.32 Å². The first-order chi connectivity index (χ1) is 13.8. The number of rotatable bonds is 4. The van der Waals surface area contributed by atoms with Gasteiger partial charge >= 0.3 is 0 Å². The number of hydrogen-bond acceptors (Lipinski definition) is 5. The van der Waals surface area contributed by atoms with Gasteiger partial charge in [0.2, 0.25) is 5.91 Å². The second kappa shape index (κ2) is 8.64. The third-order valence-corrected chi connectivity index (χ3v) is 4.76. The summed E-state index contributed by atoms with van der Waals surface area (Å²) in [7, 11) is 0. The highest BCUT2D eigenvalue weighted by atomic mass is 16.2. The van der Waals surface area contributed by atoms with E-state index < -0.39 is 5.91 Å². The number of anilines is 1. The first-order valence-electron chi connectivity index (χ1n) is 9.29. The molecular formula is C21H22N4O4. The number of nitrogens with zero attached hydrogens (tertiary/aromatic N) is 3. The van der Waals surface area contributed by atoms with Crippen LogP contribution >= 0.6 is 0 Å². The number of Topliss-reactive ketones (excluding diaryl/α,β-unsaturated/α-hetero) is 1. The summed E-state index contributed by atoms with van der Waals surface area (Å²) in [6, 6.07) is 11.2. The summed E-state index contributed by atoms with van der Waals surface area (Å²) >= 11 is 0. The summed E-state index contributed by atoms with van der Waals surface area (Å²) in [5.74, 6) is -0.782. The lowest BCUT2D eigenvalue weighted by molar-refractivity contribution is -0.130. The summed E-state index contributed by atoms with van der Waals surface area (Å²) in [4.78, 5) is 55.5. The Bertz CT molecular complexity index is 947. The second-order valence-electron chi connectivity index (χ2n) is 6.79. The van der Waals surface area contributed by atoms with Crippen LogP contribution in [0.25, 0.3) is 0 Å². The SMILES string of the molecule is CC(=O)c1ccc(NC(=O)c2cccc(C(=O)N3CCN(C(C)=O)CC3)n2)cc1. The van der Waals surface area contributed by atoms with Crippen LogP contribution in [-0.2, 0) is 4.79 Å². The summed E-state index contributed by atoms with van der Waals surface area (Å²) in [5.41, 5.74) is 1.38. The number of piperazine rings is 1. The minimum Gasteiger partial charge on any atom is -0.339 e. The Balaban J connectivity index is 1.67. The molecule has 0 saturated carbocycles. The number of hydrogen-bond donors (Lipinski definition) is 1. The van der Waals surface area contributed by atoms with E-state index in [1.807, 2.05) is 0 Å². The standard InChI is InChI=1S/C21H22N4O4/c1-14(26)16-6-8-17(9-7-16)22-20(28)18-4-3-5-19(23-18)21(29)25-12-10-24(11-13-25)15(2)27/h3-9H,10-13H2,1-2H3,(H,22,28). The maximum atomic E-state index is 12.7. The van der Waals surface area contributed by atoms with Crippen LogP contribution in [0.4, 0.5) is 5.69 Å². The van der Waals surface area contributed by atoms with Crippen LogP contribution in [0.3, 0.4) is 0 Å². The zero-order valence-corrected chi connectivity index (χ0v) is 16.3. The molecule has 1 N–H and O–H groups in total. The van der Waals surface area contributed by atoms with Gasteiger partial charge in [-0.1, -0.05) is 6.07 Å². The van der Waals surface area contributed by atoms with Gasteiger partial charge in [-0.05, 0) is 43.3 Å². The van der Waals surface area contributed by atoms with Crippen molar-refractivity contribution < 1.29 is 19.2 Å². The molecule has 1 aromatic heterocycles. The molecule has 0 radical (unpaired) electrons. The topological polar surface area (TPSA) is 99.7 Å². The smallest absolute Gasteiger partial charge is 0.274 e. The fourth-order valence-corrected chi connectivity index (χ4v) is 3.05. The number of carbonyl (C=O) groups excluding carboxylic acids is 4. The molecule has 1 saturated heterocycles. The van der Waals surface area contributed by atoms with E-state index in [-0.39, 0.29) is 29.0 Å². The molecule has 0 unspecified atom stereocenters. The number of amides is 3. The predicted octanol–water partition coefficient (Wildman–Crippen LogP) is 1.84. The van der Waals surface area contributed by atoms with Crippen molar-refractivity contribution in [2.75, 3.05) is 31.5 Å². The van der Waals surface area contributed by atoms with Gasteiger partial charge in [0.15, 0.2) is 5.78 Å². The van der Waals surface area contributed by atoms with Crippen molar-refractivity contribution in [3.05, 3.63) is 59.4 Å². The largest absolute Gasteiger partial charge is 0.339 e. The van der Waals surface area contributed by atoms with E-state index >= 15 is 0 Å². The molecule has 2 aromatic rings. The molecule has 1 fully saturated rings. The first-order valence-corrected chi connectivity index (χ1v) is 9.29. The molecule has 0 aliphatic carbocycles. The molecule has 1 aliphatic heterocycles. The fraction of sp³-hybridized carbons (Fsp3) is 0.286. The molecule has 0 bridgehead atoms. The van der Waals surface area contributed by atoms with E-state index in [0.717, 1.165) is 0 Å². The Morgan fingerprint density at radius 3 is 2.00 bits per heavy atom. The average molecular weight is 394 g/mol. The van der Waals surface area contributed by atoms with Gasteiger partial charge < -0.3 is 15.1 Å². The molecule has 8 heteroatoms. The Kier molecular flexibility index (Phi) is 6.01. The molecule has 1 aromatic carbocycles. The van der Waals surface area contributed by atoms with E-state index in [4.69, 9.17) is 0 Å². The van der Waals surface area contributed by atoms with Gasteiger partial charge in [0.1, 0.15) is 11.4 Å². The lowest BCUT2D eigenvalue weighted by atomic mass is 10.1. The third kappa shape index (κ3) is 4.84. The van der Waals surface area contributed by atoms with Gasteiger partial charge in [-0.3, -0.25) is 19.2 Å². The minimum absolute atomic E-state index is 0.00905.